The SMILES string of the molecule is Cc1ccsc1C1/C(=C(/O)c2ccccc2)C(=O)C(=O)N1c1ccccc1. The van der Waals surface area contributed by atoms with Crippen LogP contribution in [-0.2, 0) is 9.59 Å². The molecule has 3 aromatic rings. The number of carbonyl (C=O) groups is 2. The summed E-state index contributed by atoms with van der Waals surface area (Å²) >= 11 is 1.47. The summed E-state index contributed by atoms with van der Waals surface area (Å²) in [5.74, 6) is -1.44. The maximum atomic E-state index is 12.9. The van der Waals surface area contributed by atoms with Crippen LogP contribution in [-0.4, -0.2) is 16.8 Å². The number of Topliss-reactive ketones (excluding diaryl/α,β-unsaturated/α-hetero) is 1. The molecule has 1 unspecified atom stereocenters. The summed E-state index contributed by atoms with van der Waals surface area (Å²) in [6, 6.07) is 19.3. The van der Waals surface area contributed by atoms with Crippen LogP contribution in [0.25, 0.3) is 5.76 Å². The van der Waals surface area contributed by atoms with Gasteiger partial charge < -0.3 is 5.11 Å². The van der Waals surface area contributed by atoms with Gasteiger partial charge in [-0.25, -0.2) is 0 Å². The molecule has 1 atom stereocenters. The summed E-state index contributed by atoms with van der Waals surface area (Å²) in [5.41, 5.74) is 2.25. The number of nitrogens with zero attached hydrogens (tertiary/aromatic N) is 1. The van der Waals surface area contributed by atoms with Gasteiger partial charge in [0.25, 0.3) is 11.7 Å². The van der Waals surface area contributed by atoms with Crippen molar-refractivity contribution in [3.8, 4) is 0 Å². The highest BCUT2D eigenvalue weighted by molar-refractivity contribution is 7.10. The van der Waals surface area contributed by atoms with Crippen molar-refractivity contribution in [1.82, 2.24) is 0 Å². The van der Waals surface area contributed by atoms with E-state index >= 15 is 0 Å². The second-order valence-corrected chi connectivity index (χ2v) is 7.29. The summed E-state index contributed by atoms with van der Waals surface area (Å²) in [4.78, 5) is 28.2. The Hall–Kier alpha value is -3.18. The molecule has 0 bridgehead atoms. The van der Waals surface area contributed by atoms with Crippen molar-refractivity contribution in [2.75, 3.05) is 4.90 Å². The van der Waals surface area contributed by atoms with Gasteiger partial charge in [0.15, 0.2) is 0 Å². The van der Waals surface area contributed by atoms with Gasteiger partial charge in [0.05, 0.1) is 5.57 Å². The van der Waals surface area contributed by atoms with Gasteiger partial charge in [0.2, 0.25) is 0 Å². The smallest absolute Gasteiger partial charge is 0.300 e. The van der Waals surface area contributed by atoms with Crippen LogP contribution in [0, 0.1) is 6.92 Å². The molecule has 5 heteroatoms. The minimum atomic E-state index is -0.669. The number of thiophene rings is 1. The number of hydrogen-bond acceptors (Lipinski definition) is 4. The molecule has 0 spiro atoms. The third-order valence-corrected chi connectivity index (χ3v) is 5.75. The van der Waals surface area contributed by atoms with Gasteiger partial charge in [0.1, 0.15) is 11.8 Å². The highest BCUT2D eigenvalue weighted by Gasteiger charge is 2.47. The zero-order chi connectivity index (χ0) is 19.0. The Bertz CT molecular complexity index is 1040. The molecule has 1 saturated heterocycles. The molecule has 1 aromatic heterocycles. The number of rotatable bonds is 3. The Labute approximate surface area is 161 Å². The lowest BCUT2D eigenvalue weighted by atomic mass is 9.98. The second-order valence-electron chi connectivity index (χ2n) is 6.34. The standard InChI is InChI=1S/C22H17NO3S/c1-14-12-13-27-21(14)18-17(19(24)15-8-4-2-5-9-15)20(25)22(26)23(18)16-10-6-3-7-11-16/h2-13,18,24H,1H3/b19-17-. The van der Waals surface area contributed by atoms with E-state index in [0.717, 1.165) is 10.4 Å². The fourth-order valence-corrected chi connectivity index (χ4v) is 4.38. The lowest BCUT2D eigenvalue weighted by Gasteiger charge is -2.24. The molecule has 1 amide bonds. The van der Waals surface area contributed by atoms with Gasteiger partial charge in [0, 0.05) is 16.1 Å². The van der Waals surface area contributed by atoms with E-state index in [4.69, 9.17) is 0 Å². The van der Waals surface area contributed by atoms with Crippen LogP contribution in [0.2, 0.25) is 0 Å². The van der Waals surface area contributed by atoms with Crippen LogP contribution < -0.4 is 4.90 Å². The average Bonchev–Trinajstić information content (AvgIpc) is 3.23. The van der Waals surface area contributed by atoms with Gasteiger partial charge in [-0.1, -0.05) is 48.5 Å². The van der Waals surface area contributed by atoms with Gasteiger partial charge in [-0.2, -0.15) is 0 Å². The monoisotopic (exact) mass is 375 g/mol. The normalized spacial score (nSPS) is 18.9. The van der Waals surface area contributed by atoms with Gasteiger partial charge in [-0.05, 0) is 36.1 Å². The number of aryl methyl sites for hydroxylation is 1. The number of amides is 1. The Balaban J connectivity index is 1.96. The van der Waals surface area contributed by atoms with E-state index < -0.39 is 17.7 Å². The zero-order valence-corrected chi connectivity index (χ0v) is 15.4. The zero-order valence-electron chi connectivity index (χ0n) is 14.6. The quantitative estimate of drug-likeness (QED) is 0.411. The van der Waals surface area contributed by atoms with E-state index in [-0.39, 0.29) is 11.3 Å². The van der Waals surface area contributed by atoms with Gasteiger partial charge in [-0.3, -0.25) is 14.5 Å². The first-order valence-corrected chi connectivity index (χ1v) is 9.43. The number of aliphatic hydroxyl groups excluding tert-OH is 1. The van der Waals surface area contributed by atoms with Crippen molar-refractivity contribution in [3.05, 3.63) is 93.7 Å². The Morgan fingerprint density at radius 3 is 2.19 bits per heavy atom. The van der Waals surface area contributed by atoms with Crippen molar-refractivity contribution < 1.29 is 14.7 Å². The lowest BCUT2D eigenvalue weighted by Crippen LogP contribution is -2.29. The van der Waals surface area contributed by atoms with Crippen molar-refractivity contribution in [3.63, 3.8) is 0 Å². The number of para-hydroxylation sites is 1. The molecular weight excluding hydrogens is 358 g/mol. The lowest BCUT2D eigenvalue weighted by molar-refractivity contribution is -0.132. The number of hydrogen-bond donors (Lipinski definition) is 1. The van der Waals surface area contributed by atoms with Crippen molar-refractivity contribution in [2.45, 2.75) is 13.0 Å². The van der Waals surface area contributed by atoms with E-state index in [1.165, 1.54) is 16.2 Å². The van der Waals surface area contributed by atoms with Crippen molar-refractivity contribution in [2.24, 2.45) is 0 Å². The first kappa shape index (κ1) is 17.2. The molecule has 1 aliphatic rings. The predicted molar refractivity (Wildman–Crippen MR) is 107 cm³/mol. The maximum Gasteiger partial charge on any atom is 0.300 e. The van der Waals surface area contributed by atoms with Crippen LogP contribution in [0.5, 0.6) is 0 Å². The van der Waals surface area contributed by atoms with Crippen LogP contribution in [0.3, 0.4) is 0 Å². The Morgan fingerprint density at radius 2 is 1.59 bits per heavy atom. The van der Waals surface area contributed by atoms with Crippen molar-refractivity contribution in [1.29, 1.82) is 0 Å². The molecule has 1 fully saturated rings. The fraction of sp³-hybridized carbons (Fsp3) is 0.0909. The number of benzene rings is 2. The number of anilines is 1. The minimum Gasteiger partial charge on any atom is -0.507 e. The highest BCUT2D eigenvalue weighted by atomic mass is 32.1. The molecule has 1 aliphatic heterocycles. The summed E-state index contributed by atoms with van der Waals surface area (Å²) < 4.78 is 0. The maximum absolute atomic E-state index is 12.9. The van der Waals surface area contributed by atoms with E-state index in [0.29, 0.717) is 11.3 Å². The molecule has 4 nitrogen and oxygen atoms in total. The Kier molecular flexibility index (Phi) is 4.38. The van der Waals surface area contributed by atoms with Gasteiger partial charge >= 0.3 is 0 Å². The molecule has 2 aromatic carbocycles. The summed E-state index contributed by atoms with van der Waals surface area (Å²) in [6.07, 6.45) is 0. The number of ketones is 1. The number of aliphatic hydroxyl groups is 1. The molecule has 0 aliphatic carbocycles. The van der Waals surface area contributed by atoms with E-state index in [1.54, 1.807) is 36.4 Å². The molecule has 0 saturated carbocycles. The largest absolute Gasteiger partial charge is 0.507 e. The first-order valence-electron chi connectivity index (χ1n) is 8.55. The van der Waals surface area contributed by atoms with Crippen LogP contribution >= 0.6 is 11.3 Å². The highest BCUT2D eigenvalue weighted by Crippen LogP contribution is 2.44. The van der Waals surface area contributed by atoms with Crippen LogP contribution in [0.1, 0.15) is 22.0 Å². The average molecular weight is 375 g/mol. The third-order valence-electron chi connectivity index (χ3n) is 4.68. The van der Waals surface area contributed by atoms with Crippen LogP contribution in [0.15, 0.2) is 77.7 Å². The first-order chi connectivity index (χ1) is 13.1. The molecule has 27 heavy (non-hydrogen) atoms. The summed E-state index contributed by atoms with van der Waals surface area (Å²) in [7, 11) is 0. The third kappa shape index (κ3) is 2.86. The van der Waals surface area contributed by atoms with E-state index in [1.807, 2.05) is 42.6 Å². The second kappa shape index (κ2) is 6.85. The Morgan fingerprint density at radius 1 is 0.963 bits per heavy atom. The topological polar surface area (TPSA) is 57.6 Å². The van der Waals surface area contributed by atoms with Crippen LogP contribution in [0.4, 0.5) is 5.69 Å². The summed E-state index contributed by atoms with van der Waals surface area (Å²) in [5, 5.41) is 12.8. The van der Waals surface area contributed by atoms with Gasteiger partial charge in [-0.15, -0.1) is 11.3 Å². The molecular formula is C22H17NO3S. The molecule has 0 radical (unpaired) electrons. The molecule has 134 valence electrons. The summed E-state index contributed by atoms with van der Waals surface area (Å²) in [6.45, 7) is 1.94. The van der Waals surface area contributed by atoms with Crippen molar-refractivity contribution >= 4 is 34.5 Å². The fourth-order valence-electron chi connectivity index (χ4n) is 3.35. The van der Waals surface area contributed by atoms with E-state index in [9.17, 15) is 14.7 Å². The van der Waals surface area contributed by atoms with E-state index in [2.05, 4.69) is 0 Å². The molecule has 4 rings (SSSR count). The minimum absolute atomic E-state index is 0.126. The predicted octanol–water partition coefficient (Wildman–Crippen LogP) is 4.68. The number of carbonyl (C=O) groups excluding carboxylic acids is 2. The molecule has 1 N–H and O–H groups in total. The molecule has 2 heterocycles.